The number of benzene rings is 5. The number of nitrogens with two attached hydrogens (primary N) is 1. The molecule has 19 nitrogen and oxygen atoms in total. The largest absolute Gasteiger partial charge is 0.497 e. The van der Waals surface area contributed by atoms with Crippen LogP contribution >= 0.6 is 0 Å². The number of nitrogens with zero attached hydrogens (tertiary/aromatic N) is 1. The van der Waals surface area contributed by atoms with Gasteiger partial charge in [0.15, 0.2) is 11.5 Å². The molecule has 1 aromatic heterocycles. The van der Waals surface area contributed by atoms with Crippen LogP contribution in [0, 0.1) is 16.0 Å². The Morgan fingerprint density at radius 2 is 1.06 bits per heavy atom. The van der Waals surface area contributed by atoms with Crippen LogP contribution in [0.25, 0.3) is 10.9 Å². The zero-order valence-electron chi connectivity index (χ0n) is 64.4. The first-order valence-corrected chi connectivity index (χ1v) is 37.3. The number of hydrogen-bond acceptors (Lipinski definition) is 16. The predicted octanol–water partition coefficient (Wildman–Crippen LogP) is 15.1. The number of nitro groups is 1. The van der Waals surface area contributed by atoms with Gasteiger partial charge in [0, 0.05) is 121 Å². The van der Waals surface area contributed by atoms with E-state index in [0.717, 1.165) is 79.2 Å². The maximum Gasteiger partial charge on any atom is 0.269 e. The van der Waals surface area contributed by atoms with Crippen molar-refractivity contribution in [2.45, 2.75) is 245 Å². The summed E-state index contributed by atoms with van der Waals surface area (Å²) in [5.74, 6) is 4.22. The predicted molar refractivity (Wildman–Crippen MR) is 416 cm³/mol. The molecule has 0 bridgehead atoms. The Bertz CT molecular complexity index is 3020. The van der Waals surface area contributed by atoms with Gasteiger partial charge in [-0.25, -0.2) is 13.6 Å². The Balaban J connectivity index is 0.00000111. The number of hydrogen-bond donors (Lipinski definition) is 10. The van der Waals surface area contributed by atoms with Crippen LogP contribution in [0.3, 0.4) is 0 Å². The minimum Gasteiger partial charge on any atom is -0.497 e. The molecule has 2 heterocycles. The van der Waals surface area contributed by atoms with Crippen LogP contribution in [0.15, 0.2) is 121 Å². The molecule has 0 spiro atoms. The zero-order chi connectivity index (χ0) is 74.0. The van der Waals surface area contributed by atoms with E-state index in [4.69, 9.17) is 24.1 Å². The molecule has 0 radical (unpaired) electrons. The molecule has 11 N–H and O–H groups in total. The highest BCUT2D eigenvalue weighted by molar-refractivity contribution is 7.89. The monoisotopic (exact) mass is 1390 g/mol. The van der Waals surface area contributed by atoms with E-state index < -0.39 is 10.0 Å². The van der Waals surface area contributed by atoms with E-state index in [0.29, 0.717) is 67.7 Å². The Labute approximate surface area is 594 Å². The number of aromatic nitrogens is 1. The van der Waals surface area contributed by atoms with Gasteiger partial charge in [0.05, 0.1) is 24.9 Å². The van der Waals surface area contributed by atoms with E-state index in [2.05, 4.69) is 233 Å². The molecule has 1 aliphatic rings. The van der Waals surface area contributed by atoms with E-state index in [1.165, 1.54) is 72.0 Å². The minimum absolute atomic E-state index is 0.00514. The summed E-state index contributed by atoms with van der Waals surface area (Å²) in [5.41, 5.74) is 7.56. The molecule has 556 valence electrons. The maximum atomic E-state index is 10.4. The van der Waals surface area contributed by atoms with Crippen molar-refractivity contribution in [3.63, 3.8) is 0 Å². The third-order valence-corrected chi connectivity index (χ3v) is 15.0. The van der Waals surface area contributed by atoms with Crippen molar-refractivity contribution >= 4 is 26.6 Å². The average Bonchev–Trinajstić information content (AvgIpc) is 1.72. The fourth-order valence-corrected chi connectivity index (χ4v) is 9.23. The molecular formula is C78H135N11O8S. The van der Waals surface area contributed by atoms with E-state index in [1.807, 2.05) is 50.2 Å². The van der Waals surface area contributed by atoms with E-state index >= 15 is 0 Å². The summed E-state index contributed by atoms with van der Waals surface area (Å²) in [7, 11) is 0.0455. The molecule has 20 heteroatoms. The molecule has 0 aliphatic carbocycles. The SMILES string of the molecule is CC(C)CCNC(C)C.CC(C)NC(C)c1ccccc1.CC(C)NCCS(N)(=O)=O.CC(C)NCCc1c[nH]c2ccccc12.CC(C)NCc1ccc([N+](=O)[O-])cc1.CC(C)NCc1ccc2c(c1)OCO2.CCCCCNC(C)C.COc1ccc(CNC(C)C)c(OC)c1. The lowest BCUT2D eigenvalue weighted by molar-refractivity contribution is -0.384. The molecule has 0 amide bonds. The molecule has 1 unspecified atom stereocenters. The summed E-state index contributed by atoms with van der Waals surface area (Å²) in [6, 6.07) is 42.0. The molecule has 6 aromatic rings. The summed E-state index contributed by atoms with van der Waals surface area (Å²) < 4.78 is 41.7. The second-order valence-corrected chi connectivity index (χ2v) is 28.9. The van der Waals surface area contributed by atoms with Crippen molar-refractivity contribution in [3.05, 3.63) is 159 Å². The van der Waals surface area contributed by atoms with Gasteiger partial charge in [0.1, 0.15) is 11.5 Å². The molecule has 7 rings (SSSR count). The number of methoxy groups -OCH3 is 2. The van der Waals surface area contributed by atoms with Gasteiger partial charge >= 0.3 is 0 Å². The highest BCUT2D eigenvalue weighted by Crippen LogP contribution is 2.32. The molecule has 98 heavy (non-hydrogen) atoms. The number of ether oxygens (including phenoxy) is 4. The van der Waals surface area contributed by atoms with Crippen LogP contribution < -0.4 is 66.6 Å². The molecule has 1 atom stereocenters. The van der Waals surface area contributed by atoms with Crippen LogP contribution in [0.4, 0.5) is 5.69 Å². The first-order valence-electron chi connectivity index (χ1n) is 35.6. The number of non-ortho nitro benzene ring substituents is 1. The van der Waals surface area contributed by atoms with Gasteiger partial charge in [-0.3, -0.25) is 10.1 Å². The molecule has 0 saturated carbocycles. The quantitative estimate of drug-likeness (QED) is 0.0107. The lowest BCUT2D eigenvalue weighted by Gasteiger charge is -2.16. The molecule has 1 aliphatic heterocycles. The standard InChI is InChI=1S/C13H18N2.C12H19NO2.C11H15NO2.C11H17N.C10H14N2O2.2C8H19N.C5H14N2O2S/c1-10(2)14-8-7-11-9-15-13-6-4-3-5-12(11)13;1-9(2)13-8-10-5-6-11(14-3)7-12(10)15-4;1-8(2)12-6-9-3-4-10-11(5-9)14-7-13-10;1-9(2)12-10(3)11-7-5-4-6-8-11;1-8(2)11-7-9-3-5-10(6-4-9)12(13)14;1-7(2)5-6-9-8(3)4;1-4-5-6-7-9-8(2)3;1-5(2)7-3-4-10(6,8)9/h3-6,9-10,14-15H,7-8H2,1-2H3;5-7,9,13H,8H2,1-4H3;3-5,8,12H,6-7H2,1-2H3;4-10,12H,1-3H3;3-6,8,11H,7H2,1-2H3;7-9H,5-6H2,1-4H3;8-9H,4-7H2,1-3H3;5,7H,3-4H2,1-2H3,(H2,6,8,9). The number of sulfonamides is 1. The van der Waals surface area contributed by atoms with Gasteiger partial charge in [0.2, 0.25) is 16.8 Å². The van der Waals surface area contributed by atoms with Crippen molar-refractivity contribution in [3.8, 4) is 23.0 Å². The Kier molecular flexibility index (Phi) is 51.2. The molecule has 5 aromatic carbocycles. The summed E-state index contributed by atoms with van der Waals surface area (Å²) in [6.45, 7) is 49.5. The topological polar surface area (TPSA) is 252 Å². The van der Waals surface area contributed by atoms with Crippen molar-refractivity contribution in [2.24, 2.45) is 11.1 Å². The number of aromatic amines is 1. The molecule has 0 saturated heterocycles. The van der Waals surface area contributed by atoms with Gasteiger partial charge in [-0.05, 0) is 98.3 Å². The molecule has 0 fully saturated rings. The Morgan fingerprint density at radius 1 is 0.541 bits per heavy atom. The van der Waals surface area contributed by atoms with E-state index in [-0.39, 0.29) is 16.4 Å². The summed E-state index contributed by atoms with van der Waals surface area (Å²) in [5, 5.41) is 43.0. The number of H-pyrrole nitrogens is 1. The van der Waals surface area contributed by atoms with Crippen molar-refractivity contribution in [1.29, 1.82) is 0 Å². The van der Waals surface area contributed by atoms with Crippen molar-refractivity contribution in [2.75, 3.05) is 52.9 Å². The minimum atomic E-state index is -3.28. The zero-order valence-corrected chi connectivity index (χ0v) is 65.2. The normalized spacial score (nSPS) is 11.7. The number of rotatable bonds is 32. The van der Waals surface area contributed by atoms with Crippen LogP contribution in [0.2, 0.25) is 0 Å². The van der Waals surface area contributed by atoms with Crippen molar-refractivity contribution < 1.29 is 32.3 Å². The molecular weight excluding hydrogens is 1250 g/mol. The fourth-order valence-electron chi connectivity index (χ4n) is 8.83. The highest BCUT2D eigenvalue weighted by Gasteiger charge is 2.14. The van der Waals surface area contributed by atoms with E-state index in [9.17, 15) is 18.5 Å². The van der Waals surface area contributed by atoms with Crippen LogP contribution in [-0.2, 0) is 36.1 Å². The first kappa shape index (κ1) is 91.8. The van der Waals surface area contributed by atoms with Gasteiger partial charge in [-0.1, -0.05) is 217 Å². The van der Waals surface area contributed by atoms with Gasteiger partial charge in [0.25, 0.3) is 5.69 Å². The number of unbranched alkanes of at least 4 members (excludes halogenated alkanes) is 2. The van der Waals surface area contributed by atoms with E-state index in [1.54, 1.807) is 26.4 Å². The van der Waals surface area contributed by atoms with Crippen LogP contribution in [-0.4, -0.2) is 120 Å². The average molecular weight is 1390 g/mol. The number of primary sulfonamides is 1. The smallest absolute Gasteiger partial charge is 0.269 e. The van der Waals surface area contributed by atoms with Crippen LogP contribution in [0.1, 0.15) is 198 Å². The van der Waals surface area contributed by atoms with Gasteiger partial charge < -0.3 is 66.5 Å². The number of para-hydroxylation sites is 1. The summed E-state index contributed by atoms with van der Waals surface area (Å²) in [4.78, 5) is 13.3. The van der Waals surface area contributed by atoms with Gasteiger partial charge in [-0.2, -0.15) is 0 Å². The first-order chi connectivity index (χ1) is 46.3. The highest BCUT2D eigenvalue weighted by atomic mass is 32.2. The number of fused-ring (bicyclic) bond motifs is 2. The summed E-state index contributed by atoms with van der Waals surface area (Å²) >= 11 is 0. The third-order valence-electron chi connectivity index (χ3n) is 14.3. The number of nitro benzene ring substituents is 1. The van der Waals surface area contributed by atoms with Crippen molar-refractivity contribution in [1.82, 2.24) is 47.5 Å². The second-order valence-electron chi connectivity index (χ2n) is 27.2. The van der Waals surface area contributed by atoms with Gasteiger partial charge in [-0.15, -0.1) is 0 Å². The lowest BCUT2D eigenvalue weighted by Crippen LogP contribution is -2.31. The number of nitrogens with one attached hydrogen (secondary N) is 9. The Morgan fingerprint density at radius 3 is 1.59 bits per heavy atom. The Hall–Kier alpha value is -6.17. The summed E-state index contributed by atoms with van der Waals surface area (Å²) in [6.07, 6.45) is 8.50. The lowest BCUT2D eigenvalue weighted by atomic mass is 10.1. The maximum absolute atomic E-state index is 10.4. The third kappa shape index (κ3) is 49.4. The fraction of sp³-hybridized carbons (Fsp3) is 0.590. The van der Waals surface area contributed by atoms with Crippen LogP contribution in [0.5, 0.6) is 23.0 Å². The second kappa shape index (κ2) is 54.6.